The maximum atomic E-state index is 12.2. The molecule has 0 rings (SSSR count). The predicted octanol–water partition coefficient (Wildman–Crippen LogP) is 1.97. The van der Waals surface area contributed by atoms with Gasteiger partial charge >= 0.3 is 18.0 Å². The highest BCUT2D eigenvalue weighted by molar-refractivity contribution is 5.56. The average Bonchev–Trinajstić information content (AvgIpc) is 1.81. The quantitative estimate of drug-likeness (QED) is 0.546. The molecule has 0 saturated carbocycles. The van der Waals surface area contributed by atoms with Crippen LogP contribution < -0.4 is 0 Å². The van der Waals surface area contributed by atoms with E-state index in [1.807, 2.05) is 0 Å². The molecule has 72 valence electrons. The summed E-state index contributed by atoms with van der Waals surface area (Å²) in [4.78, 5) is 9.57. The van der Waals surface area contributed by atoms with Gasteiger partial charge in [0.25, 0.3) is 0 Å². The smallest absolute Gasteiger partial charge is 0.450 e. The lowest BCUT2D eigenvalue weighted by atomic mass is 10.2. The molecule has 0 unspecified atom stereocenters. The number of ether oxygens (including phenoxy) is 1. The number of hydrogen-bond donors (Lipinski definition) is 1. The van der Waals surface area contributed by atoms with E-state index in [-0.39, 0.29) is 6.92 Å². The first kappa shape index (κ1) is 11.0. The van der Waals surface area contributed by atoms with Gasteiger partial charge in [-0.2, -0.15) is 8.78 Å². The van der Waals surface area contributed by atoms with E-state index >= 15 is 0 Å². The number of rotatable bonds is 3. The topological polar surface area (TPSA) is 46.5 Å². The molecule has 0 aromatic carbocycles. The summed E-state index contributed by atoms with van der Waals surface area (Å²) < 4.78 is 51.5. The van der Waals surface area contributed by atoms with Crippen molar-refractivity contribution in [1.29, 1.82) is 0 Å². The lowest BCUT2D eigenvalue weighted by Gasteiger charge is -2.21. The van der Waals surface area contributed by atoms with Crippen molar-refractivity contribution in [3.8, 4) is 0 Å². The number of carboxylic acid groups (broad SMARTS) is 1. The average molecular weight is 190 g/mol. The molecular formula is C5H6F4O3. The summed E-state index contributed by atoms with van der Waals surface area (Å²) in [6, 6.07) is 0. The standard InChI is InChI=1S/C5H6F4O3/c1-4(6,7)5(8,9)2-12-3(10)11/h2H2,1H3,(H,10,11). The van der Waals surface area contributed by atoms with Crippen LogP contribution in [0, 0.1) is 0 Å². The summed E-state index contributed by atoms with van der Waals surface area (Å²) in [6.45, 7) is -1.86. The van der Waals surface area contributed by atoms with E-state index in [2.05, 4.69) is 4.74 Å². The first-order valence-corrected chi connectivity index (χ1v) is 2.78. The van der Waals surface area contributed by atoms with Crippen LogP contribution in [0.4, 0.5) is 22.4 Å². The van der Waals surface area contributed by atoms with Gasteiger partial charge in [-0.15, -0.1) is 0 Å². The molecule has 0 amide bonds. The number of hydrogen-bond acceptors (Lipinski definition) is 2. The van der Waals surface area contributed by atoms with E-state index in [1.165, 1.54) is 0 Å². The van der Waals surface area contributed by atoms with Gasteiger partial charge in [0.15, 0.2) is 6.61 Å². The number of alkyl halides is 4. The van der Waals surface area contributed by atoms with E-state index in [1.54, 1.807) is 0 Å². The summed E-state index contributed by atoms with van der Waals surface area (Å²) in [7, 11) is 0. The zero-order valence-corrected chi connectivity index (χ0v) is 5.98. The third-order valence-electron chi connectivity index (χ3n) is 1.02. The van der Waals surface area contributed by atoms with Gasteiger partial charge < -0.3 is 9.84 Å². The summed E-state index contributed by atoms with van der Waals surface area (Å²) in [6.07, 6.45) is -2.01. The molecule has 0 aliphatic carbocycles. The Balaban J connectivity index is 4.14. The minimum absolute atomic E-state index is 0.0157. The maximum Gasteiger partial charge on any atom is 0.505 e. The minimum Gasteiger partial charge on any atom is -0.450 e. The third-order valence-corrected chi connectivity index (χ3v) is 1.02. The number of halogens is 4. The van der Waals surface area contributed by atoms with Gasteiger partial charge in [-0.1, -0.05) is 0 Å². The van der Waals surface area contributed by atoms with Crippen LogP contribution in [-0.2, 0) is 4.74 Å². The highest BCUT2D eigenvalue weighted by Crippen LogP contribution is 2.33. The molecule has 0 fully saturated rings. The maximum absolute atomic E-state index is 12.2. The predicted molar refractivity (Wildman–Crippen MR) is 29.5 cm³/mol. The number of carbonyl (C=O) groups is 1. The summed E-state index contributed by atoms with van der Waals surface area (Å²) >= 11 is 0. The molecule has 3 nitrogen and oxygen atoms in total. The Labute approximate surface area is 64.9 Å². The Hall–Kier alpha value is -1.01. The van der Waals surface area contributed by atoms with E-state index in [0.717, 1.165) is 0 Å². The Morgan fingerprint density at radius 2 is 1.83 bits per heavy atom. The molecule has 0 bridgehead atoms. The summed E-state index contributed by atoms with van der Waals surface area (Å²) in [5.41, 5.74) is 0. The highest BCUT2D eigenvalue weighted by Gasteiger charge is 2.53. The van der Waals surface area contributed by atoms with E-state index in [4.69, 9.17) is 5.11 Å². The second-order valence-electron chi connectivity index (χ2n) is 2.15. The van der Waals surface area contributed by atoms with Crippen LogP contribution in [0.1, 0.15) is 6.92 Å². The summed E-state index contributed by atoms with van der Waals surface area (Å²) in [5.74, 6) is -8.76. The Morgan fingerprint density at radius 3 is 2.08 bits per heavy atom. The van der Waals surface area contributed by atoms with Crippen LogP contribution in [-0.4, -0.2) is 29.7 Å². The van der Waals surface area contributed by atoms with Crippen molar-refractivity contribution in [1.82, 2.24) is 0 Å². The van der Waals surface area contributed by atoms with Crippen molar-refractivity contribution in [3.05, 3.63) is 0 Å². The van der Waals surface area contributed by atoms with Crippen LogP contribution in [0.25, 0.3) is 0 Å². The lowest BCUT2D eigenvalue weighted by Crippen LogP contribution is -2.42. The molecule has 0 radical (unpaired) electrons. The van der Waals surface area contributed by atoms with E-state index < -0.39 is 24.6 Å². The molecule has 7 heteroatoms. The van der Waals surface area contributed by atoms with Gasteiger partial charge in [0, 0.05) is 6.92 Å². The Bertz CT molecular complexity index is 174. The SMILES string of the molecule is CC(F)(F)C(F)(F)COC(=O)O. The Morgan fingerprint density at radius 1 is 1.42 bits per heavy atom. The van der Waals surface area contributed by atoms with Gasteiger partial charge in [0.1, 0.15) is 0 Å². The van der Waals surface area contributed by atoms with E-state index in [0.29, 0.717) is 0 Å². The third kappa shape index (κ3) is 2.93. The van der Waals surface area contributed by atoms with Crippen molar-refractivity contribution in [2.75, 3.05) is 6.61 Å². The van der Waals surface area contributed by atoms with Gasteiger partial charge in [0.05, 0.1) is 0 Å². The van der Waals surface area contributed by atoms with Crippen molar-refractivity contribution < 1.29 is 32.2 Å². The highest BCUT2D eigenvalue weighted by atomic mass is 19.3. The summed E-state index contributed by atoms with van der Waals surface area (Å²) in [5, 5.41) is 7.74. The molecule has 1 N–H and O–H groups in total. The van der Waals surface area contributed by atoms with Crippen LogP contribution in [0.3, 0.4) is 0 Å². The first-order valence-electron chi connectivity index (χ1n) is 2.78. The molecule has 12 heavy (non-hydrogen) atoms. The molecule has 0 atom stereocenters. The lowest BCUT2D eigenvalue weighted by molar-refractivity contribution is -0.216. The van der Waals surface area contributed by atoms with Crippen LogP contribution >= 0.6 is 0 Å². The molecular weight excluding hydrogens is 184 g/mol. The molecule has 0 spiro atoms. The second-order valence-corrected chi connectivity index (χ2v) is 2.15. The van der Waals surface area contributed by atoms with Crippen molar-refractivity contribution in [3.63, 3.8) is 0 Å². The molecule has 0 aliphatic rings. The fourth-order valence-corrected chi connectivity index (χ4v) is 0.279. The van der Waals surface area contributed by atoms with Crippen LogP contribution in [0.5, 0.6) is 0 Å². The largest absolute Gasteiger partial charge is 0.505 e. The second kappa shape index (κ2) is 3.16. The molecule has 0 aromatic rings. The zero-order chi connectivity index (χ0) is 9.99. The van der Waals surface area contributed by atoms with Gasteiger partial charge in [-0.3, -0.25) is 0 Å². The monoisotopic (exact) mass is 190 g/mol. The zero-order valence-electron chi connectivity index (χ0n) is 5.98. The Kier molecular flexibility index (Phi) is 2.89. The first-order chi connectivity index (χ1) is 5.17. The van der Waals surface area contributed by atoms with Crippen molar-refractivity contribution in [2.45, 2.75) is 18.8 Å². The van der Waals surface area contributed by atoms with Crippen molar-refractivity contribution in [2.24, 2.45) is 0 Å². The fourth-order valence-electron chi connectivity index (χ4n) is 0.279. The van der Waals surface area contributed by atoms with E-state index in [9.17, 15) is 22.4 Å². The van der Waals surface area contributed by atoms with Gasteiger partial charge in [-0.25, -0.2) is 13.6 Å². The van der Waals surface area contributed by atoms with Crippen LogP contribution in [0.2, 0.25) is 0 Å². The van der Waals surface area contributed by atoms with Crippen molar-refractivity contribution >= 4 is 6.16 Å². The molecule has 0 saturated heterocycles. The fraction of sp³-hybridized carbons (Fsp3) is 0.800. The van der Waals surface area contributed by atoms with Gasteiger partial charge in [0.2, 0.25) is 0 Å². The molecule has 0 heterocycles. The van der Waals surface area contributed by atoms with Crippen LogP contribution in [0.15, 0.2) is 0 Å². The minimum atomic E-state index is -4.47. The molecule has 0 aromatic heterocycles. The van der Waals surface area contributed by atoms with Gasteiger partial charge in [-0.05, 0) is 0 Å². The molecule has 0 aliphatic heterocycles. The normalized spacial score (nSPS) is 12.8.